The first kappa shape index (κ1) is 10.9. The maximum absolute atomic E-state index is 5.83. The van der Waals surface area contributed by atoms with Crippen molar-refractivity contribution in [3.63, 3.8) is 0 Å². The van der Waals surface area contributed by atoms with Crippen molar-refractivity contribution >= 4 is 33.2 Å². The summed E-state index contributed by atoms with van der Waals surface area (Å²) in [6.07, 6.45) is 2.04. The summed E-state index contributed by atoms with van der Waals surface area (Å²) in [5, 5.41) is 0.555. The third-order valence-electron chi connectivity index (χ3n) is 2.24. The van der Waals surface area contributed by atoms with Crippen LogP contribution in [0.2, 0.25) is 5.15 Å². The highest BCUT2D eigenvalue weighted by Gasteiger charge is 2.04. The van der Waals surface area contributed by atoms with Gasteiger partial charge in [-0.3, -0.25) is 0 Å². The lowest BCUT2D eigenvalue weighted by Gasteiger charge is -2.00. The molecule has 0 saturated heterocycles. The number of halogens is 1. The normalized spacial score (nSPS) is 13.3. The van der Waals surface area contributed by atoms with Crippen LogP contribution in [-0.2, 0) is 6.42 Å². The van der Waals surface area contributed by atoms with Crippen molar-refractivity contribution in [2.24, 2.45) is 5.73 Å². The van der Waals surface area contributed by atoms with Gasteiger partial charge in [-0.15, -0.1) is 11.3 Å². The van der Waals surface area contributed by atoms with Crippen LogP contribution in [0.1, 0.15) is 18.2 Å². The molecule has 0 spiro atoms. The molecule has 0 fully saturated rings. The molecule has 0 amide bonds. The molecule has 0 radical (unpaired) electrons. The lowest BCUT2D eigenvalue weighted by molar-refractivity contribution is 0.670. The summed E-state index contributed by atoms with van der Waals surface area (Å²) in [5.41, 5.74) is 6.72. The number of nitrogens with two attached hydrogens (primary N) is 1. The number of thiophene rings is 1. The third kappa shape index (κ3) is 2.68. The van der Waals surface area contributed by atoms with Crippen LogP contribution in [0.5, 0.6) is 0 Å². The van der Waals surface area contributed by atoms with Crippen LogP contribution < -0.4 is 5.73 Å². The second-order valence-electron chi connectivity index (χ2n) is 3.75. The Morgan fingerprint density at radius 2 is 2.33 bits per heavy atom. The van der Waals surface area contributed by atoms with Crippen LogP contribution in [0.15, 0.2) is 18.2 Å². The van der Waals surface area contributed by atoms with Crippen molar-refractivity contribution in [3.8, 4) is 0 Å². The van der Waals surface area contributed by atoms with Crippen LogP contribution in [0.3, 0.4) is 0 Å². The zero-order valence-corrected chi connectivity index (χ0v) is 10.1. The van der Waals surface area contributed by atoms with Crippen LogP contribution in [-0.4, -0.2) is 11.0 Å². The number of nitrogens with zero attached hydrogens (tertiary/aromatic N) is 1. The van der Waals surface area contributed by atoms with Gasteiger partial charge in [0.2, 0.25) is 0 Å². The Balaban J connectivity index is 2.23. The van der Waals surface area contributed by atoms with Gasteiger partial charge in [0, 0.05) is 10.9 Å². The highest BCUT2D eigenvalue weighted by Crippen LogP contribution is 2.26. The van der Waals surface area contributed by atoms with E-state index in [1.54, 1.807) is 11.3 Å². The Kier molecular flexibility index (Phi) is 3.24. The van der Waals surface area contributed by atoms with E-state index in [4.69, 9.17) is 17.3 Å². The van der Waals surface area contributed by atoms with E-state index >= 15 is 0 Å². The number of hydrogen-bond donors (Lipinski definition) is 1. The number of aryl methyl sites for hydroxylation is 1. The first-order valence-corrected chi connectivity index (χ1v) is 6.15. The average molecular weight is 241 g/mol. The predicted octanol–water partition coefficient (Wildman–Crippen LogP) is 3.23. The van der Waals surface area contributed by atoms with Crippen molar-refractivity contribution in [3.05, 3.63) is 28.2 Å². The Morgan fingerprint density at radius 3 is 3.07 bits per heavy atom. The maximum atomic E-state index is 5.83. The smallest absolute Gasteiger partial charge is 0.129 e. The first-order chi connectivity index (χ1) is 7.15. The van der Waals surface area contributed by atoms with Crippen molar-refractivity contribution in [2.45, 2.75) is 25.8 Å². The Hall–Kier alpha value is -0.640. The number of hydrogen-bond acceptors (Lipinski definition) is 3. The molecule has 0 saturated carbocycles. The molecule has 4 heteroatoms. The minimum Gasteiger partial charge on any atom is -0.328 e. The zero-order chi connectivity index (χ0) is 10.8. The van der Waals surface area contributed by atoms with E-state index in [0.717, 1.165) is 18.4 Å². The van der Waals surface area contributed by atoms with Gasteiger partial charge in [-0.05, 0) is 38.0 Å². The summed E-state index contributed by atoms with van der Waals surface area (Å²) in [6.45, 7) is 2.03. The molecular weight excluding hydrogens is 228 g/mol. The molecule has 1 unspecified atom stereocenters. The molecule has 2 aromatic rings. The minimum absolute atomic E-state index is 0.256. The van der Waals surface area contributed by atoms with Gasteiger partial charge in [-0.2, -0.15) is 0 Å². The van der Waals surface area contributed by atoms with E-state index in [-0.39, 0.29) is 6.04 Å². The van der Waals surface area contributed by atoms with Gasteiger partial charge < -0.3 is 5.73 Å². The Labute approximate surface area is 98.1 Å². The standard InChI is InChI=1S/C11H13ClN2S/c1-7(13)2-3-8-6-9-10(15-8)4-5-11(12)14-9/h4-7H,2-3,13H2,1H3. The average Bonchev–Trinajstić information content (AvgIpc) is 2.56. The van der Waals surface area contributed by atoms with E-state index in [2.05, 4.69) is 11.1 Å². The van der Waals surface area contributed by atoms with E-state index in [1.807, 2.05) is 19.1 Å². The van der Waals surface area contributed by atoms with Gasteiger partial charge in [0.1, 0.15) is 5.15 Å². The van der Waals surface area contributed by atoms with E-state index in [9.17, 15) is 0 Å². The number of pyridine rings is 1. The molecule has 2 rings (SSSR count). The summed E-state index contributed by atoms with van der Waals surface area (Å²) < 4.78 is 1.19. The molecule has 2 heterocycles. The van der Waals surface area contributed by atoms with Crippen molar-refractivity contribution in [1.82, 2.24) is 4.98 Å². The second kappa shape index (κ2) is 4.47. The number of rotatable bonds is 3. The Bertz CT molecular complexity index is 465. The van der Waals surface area contributed by atoms with Gasteiger partial charge in [0.05, 0.1) is 10.2 Å². The fourth-order valence-corrected chi connectivity index (χ4v) is 2.62. The number of aromatic nitrogens is 1. The maximum Gasteiger partial charge on any atom is 0.129 e. The molecule has 0 aliphatic heterocycles. The molecule has 1 atom stereocenters. The third-order valence-corrected chi connectivity index (χ3v) is 3.60. The molecule has 0 aliphatic carbocycles. The minimum atomic E-state index is 0.256. The molecule has 0 aromatic carbocycles. The molecular formula is C11H13ClN2S. The molecule has 2 nitrogen and oxygen atoms in total. The summed E-state index contributed by atoms with van der Waals surface area (Å²) in [5.74, 6) is 0. The zero-order valence-electron chi connectivity index (χ0n) is 8.53. The van der Waals surface area contributed by atoms with E-state index in [1.165, 1.54) is 9.58 Å². The van der Waals surface area contributed by atoms with Gasteiger partial charge in [0.15, 0.2) is 0 Å². The largest absolute Gasteiger partial charge is 0.328 e. The van der Waals surface area contributed by atoms with Crippen LogP contribution in [0.25, 0.3) is 10.2 Å². The Morgan fingerprint density at radius 1 is 1.53 bits per heavy atom. The molecule has 0 aliphatic rings. The summed E-state index contributed by atoms with van der Waals surface area (Å²) in [7, 11) is 0. The molecule has 80 valence electrons. The lowest BCUT2D eigenvalue weighted by atomic mass is 10.2. The van der Waals surface area contributed by atoms with Crippen molar-refractivity contribution < 1.29 is 0 Å². The van der Waals surface area contributed by atoms with Gasteiger partial charge >= 0.3 is 0 Å². The van der Waals surface area contributed by atoms with Crippen molar-refractivity contribution in [1.29, 1.82) is 0 Å². The summed E-state index contributed by atoms with van der Waals surface area (Å²) in [4.78, 5) is 5.60. The van der Waals surface area contributed by atoms with E-state index in [0.29, 0.717) is 5.15 Å². The monoisotopic (exact) mass is 240 g/mol. The van der Waals surface area contributed by atoms with Gasteiger partial charge in [-0.1, -0.05) is 11.6 Å². The highest BCUT2D eigenvalue weighted by molar-refractivity contribution is 7.19. The summed E-state index contributed by atoms with van der Waals surface area (Å²) in [6, 6.07) is 6.21. The van der Waals surface area contributed by atoms with Crippen LogP contribution >= 0.6 is 22.9 Å². The molecule has 15 heavy (non-hydrogen) atoms. The van der Waals surface area contributed by atoms with E-state index < -0.39 is 0 Å². The fraction of sp³-hybridized carbons (Fsp3) is 0.364. The van der Waals surface area contributed by atoms with Gasteiger partial charge in [0.25, 0.3) is 0 Å². The highest BCUT2D eigenvalue weighted by atomic mass is 35.5. The van der Waals surface area contributed by atoms with Crippen LogP contribution in [0, 0.1) is 0 Å². The second-order valence-corrected chi connectivity index (χ2v) is 5.30. The number of fused-ring (bicyclic) bond motifs is 1. The van der Waals surface area contributed by atoms with Gasteiger partial charge in [-0.25, -0.2) is 4.98 Å². The molecule has 2 N–H and O–H groups in total. The van der Waals surface area contributed by atoms with Crippen molar-refractivity contribution in [2.75, 3.05) is 0 Å². The SMILES string of the molecule is CC(N)CCc1cc2nc(Cl)ccc2s1. The van der Waals surface area contributed by atoms with Crippen LogP contribution in [0.4, 0.5) is 0 Å². The quantitative estimate of drug-likeness (QED) is 0.837. The topological polar surface area (TPSA) is 38.9 Å². The first-order valence-electron chi connectivity index (χ1n) is 4.95. The summed E-state index contributed by atoms with van der Waals surface area (Å²) >= 11 is 7.60. The fourth-order valence-electron chi connectivity index (χ4n) is 1.44. The molecule has 0 bridgehead atoms. The molecule has 2 aromatic heterocycles. The lowest BCUT2D eigenvalue weighted by Crippen LogP contribution is -2.14. The predicted molar refractivity (Wildman–Crippen MR) is 66.6 cm³/mol.